The molecule has 0 spiro atoms. The monoisotopic (exact) mass is 294 g/mol. The van der Waals surface area contributed by atoms with E-state index < -0.39 is 0 Å². The maximum Gasteiger partial charge on any atom is 0.107 e. The summed E-state index contributed by atoms with van der Waals surface area (Å²) in [6, 6.07) is 8.18. The normalized spacial score (nSPS) is 10.3. The first-order valence-electron chi connectivity index (χ1n) is 5.44. The van der Waals surface area contributed by atoms with Crippen molar-refractivity contribution in [3.63, 3.8) is 0 Å². The largest absolute Gasteiger partial charge is 0.389 e. The lowest BCUT2D eigenvalue weighted by Gasteiger charge is -2.13. The minimum atomic E-state index is 0.438. The molecule has 0 radical (unpaired) electrons. The van der Waals surface area contributed by atoms with Gasteiger partial charge in [-0.2, -0.15) is 11.3 Å². The summed E-state index contributed by atoms with van der Waals surface area (Å²) in [6.07, 6.45) is 2.03. The highest BCUT2D eigenvalue weighted by molar-refractivity contribution is 7.98. The Labute approximate surface area is 121 Å². The van der Waals surface area contributed by atoms with Crippen molar-refractivity contribution >= 4 is 46.0 Å². The SMILES string of the molecule is CSc1cccc(NCc2ccsc2)c1C(N)=S. The van der Waals surface area contributed by atoms with Gasteiger partial charge in [-0.3, -0.25) is 0 Å². The summed E-state index contributed by atoms with van der Waals surface area (Å²) in [5, 5.41) is 7.60. The molecule has 0 saturated heterocycles. The fourth-order valence-electron chi connectivity index (χ4n) is 1.69. The molecule has 0 saturated carbocycles. The summed E-state index contributed by atoms with van der Waals surface area (Å²) >= 11 is 8.50. The van der Waals surface area contributed by atoms with Crippen LogP contribution in [-0.4, -0.2) is 11.2 Å². The quantitative estimate of drug-likeness (QED) is 0.651. The van der Waals surface area contributed by atoms with Crippen LogP contribution in [0.15, 0.2) is 39.9 Å². The molecule has 1 aromatic carbocycles. The summed E-state index contributed by atoms with van der Waals surface area (Å²) in [5.41, 5.74) is 9.03. The second kappa shape index (κ2) is 6.22. The van der Waals surface area contributed by atoms with Gasteiger partial charge in [0.05, 0.1) is 0 Å². The van der Waals surface area contributed by atoms with Gasteiger partial charge in [-0.15, -0.1) is 11.8 Å². The van der Waals surface area contributed by atoms with Crippen LogP contribution in [0.2, 0.25) is 0 Å². The van der Waals surface area contributed by atoms with E-state index in [1.807, 2.05) is 24.5 Å². The van der Waals surface area contributed by atoms with Crippen LogP contribution in [0.1, 0.15) is 11.1 Å². The van der Waals surface area contributed by atoms with E-state index in [-0.39, 0.29) is 0 Å². The molecule has 5 heteroatoms. The van der Waals surface area contributed by atoms with Crippen LogP contribution in [0, 0.1) is 0 Å². The maximum absolute atomic E-state index is 5.82. The summed E-state index contributed by atoms with van der Waals surface area (Å²) in [4.78, 5) is 1.55. The Morgan fingerprint density at radius 2 is 2.28 bits per heavy atom. The second-order valence-electron chi connectivity index (χ2n) is 3.73. The molecule has 2 aromatic rings. The number of nitrogens with one attached hydrogen (secondary N) is 1. The van der Waals surface area contributed by atoms with Crippen LogP contribution in [0.3, 0.4) is 0 Å². The number of hydrogen-bond donors (Lipinski definition) is 2. The molecule has 0 aliphatic heterocycles. The number of thiophene rings is 1. The van der Waals surface area contributed by atoms with E-state index in [9.17, 15) is 0 Å². The van der Waals surface area contributed by atoms with Crippen LogP contribution in [0.4, 0.5) is 5.69 Å². The van der Waals surface area contributed by atoms with E-state index in [1.165, 1.54) is 5.56 Å². The zero-order valence-electron chi connectivity index (χ0n) is 9.97. The van der Waals surface area contributed by atoms with Crippen LogP contribution in [-0.2, 0) is 6.54 Å². The van der Waals surface area contributed by atoms with E-state index in [1.54, 1.807) is 23.1 Å². The first kappa shape index (κ1) is 13.4. The molecule has 0 fully saturated rings. The number of thiocarbonyl (C=S) groups is 1. The highest BCUT2D eigenvalue weighted by Crippen LogP contribution is 2.27. The van der Waals surface area contributed by atoms with E-state index in [0.29, 0.717) is 4.99 Å². The Morgan fingerprint density at radius 3 is 2.89 bits per heavy atom. The first-order chi connectivity index (χ1) is 8.72. The minimum Gasteiger partial charge on any atom is -0.389 e. The molecule has 1 aromatic heterocycles. The standard InChI is InChI=1S/C13H14N2S3/c1-17-11-4-2-3-10(12(11)13(14)16)15-7-9-5-6-18-8-9/h2-6,8,15H,7H2,1H3,(H2,14,16). The van der Waals surface area contributed by atoms with Gasteiger partial charge in [0.25, 0.3) is 0 Å². The van der Waals surface area contributed by atoms with Crippen molar-refractivity contribution in [1.29, 1.82) is 0 Å². The molecule has 3 N–H and O–H groups in total. The zero-order chi connectivity index (χ0) is 13.0. The van der Waals surface area contributed by atoms with Gasteiger partial charge >= 0.3 is 0 Å². The van der Waals surface area contributed by atoms with Crippen LogP contribution >= 0.6 is 35.3 Å². The summed E-state index contributed by atoms with van der Waals surface area (Å²) in [5.74, 6) is 0. The minimum absolute atomic E-state index is 0.438. The molecule has 0 atom stereocenters. The van der Waals surface area contributed by atoms with Crippen molar-refractivity contribution in [3.05, 3.63) is 46.2 Å². The lowest BCUT2D eigenvalue weighted by atomic mass is 10.1. The van der Waals surface area contributed by atoms with Crippen molar-refractivity contribution in [3.8, 4) is 0 Å². The fraction of sp³-hybridized carbons (Fsp3) is 0.154. The van der Waals surface area contributed by atoms with Gasteiger partial charge in [-0.05, 0) is 40.8 Å². The van der Waals surface area contributed by atoms with Crippen molar-refractivity contribution in [2.75, 3.05) is 11.6 Å². The predicted octanol–water partition coefficient (Wildman–Crippen LogP) is 3.72. The van der Waals surface area contributed by atoms with Crippen molar-refractivity contribution in [1.82, 2.24) is 0 Å². The molecule has 0 unspecified atom stereocenters. The Bertz CT molecular complexity index is 535. The molecule has 0 aliphatic rings. The molecular weight excluding hydrogens is 280 g/mol. The van der Waals surface area contributed by atoms with E-state index in [2.05, 4.69) is 22.1 Å². The summed E-state index contributed by atoms with van der Waals surface area (Å²) in [7, 11) is 0. The Balaban J connectivity index is 2.24. The average molecular weight is 294 g/mol. The highest BCUT2D eigenvalue weighted by atomic mass is 32.2. The number of hydrogen-bond acceptors (Lipinski definition) is 4. The van der Waals surface area contributed by atoms with E-state index in [0.717, 1.165) is 22.7 Å². The van der Waals surface area contributed by atoms with Gasteiger partial charge in [-0.25, -0.2) is 0 Å². The van der Waals surface area contributed by atoms with Gasteiger partial charge < -0.3 is 11.1 Å². The second-order valence-corrected chi connectivity index (χ2v) is 5.80. The Morgan fingerprint density at radius 1 is 1.44 bits per heavy atom. The van der Waals surface area contributed by atoms with Crippen LogP contribution < -0.4 is 11.1 Å². The number of nitrogens with two attached hydrogens (primary N) is 1. The molecule has 0 amide bonds. The molecule has 2 rings (SSSR count). The number of anilines is 1. The van der Waals surface area contributed by atoms with Gasteiger partial charge in [-0.1, -0.05) is 18.3 Å². The lowest BCUT2D eigenvalue weighted by molar-refractivity contribution is 1.15. The van der Waals surface area contributed by atoms with Crippen LogP contribution in [0.5, 0.6) is 0 Å². The van der Waals surface area contributed by atoms with Crippen molar-refractivity contribution < 1.29 is 0 Å². The topological polar surface area (TPSA) is 38.0 Å². The van der Waals surface area contributed by atoms with E-state index >= 15 is 0 Å². The third-order valence-corrected chi connectivity index (χ3v) is 4.27. The molecule has 0 aliphatic carbocycles. The lowest BCUT2D eigenvalue weighted by Crippen LogP contribution is -2.14. The van der Waals surface area contributed by atoms with Gasteiger partial charge in [0, 0.05) is 22.7 Å². The summed E-state index contributed by atoms with van der Waals surface area (Å²) < 4.78 is 0. The maximum atomic E-state index is 5.82. The fourth-order valence-corrected chi connectivity index (χ4v) is 3.29. The Kier molecular flexibility index (Phi) is 4.63. The van der Waals surface area contributed by atoms with Gasteiger partial charge in [0.1, 0.15) is 4.99 Å². The molecule has 1 heterocycles. The number of thioether (sulfide) groups is 1. The van der Waals surface area contributed by atoms with Gasteiger partial charge in [0.15, 0.2) is 0 Å². The smallest absolute Gasteiger partial charge is 0.107 e. The van der Waals surface area contributed by atoms with Gasteiger partial charge in [0.2, 0.25) is 0 Å². The zero-order valence-corrected chi connectivity index (χ0v) is 12.4. The highest BCUT2D eigenvalue weighted by Gasteiger charge is 2.10. The predicted molar refractivity (Wildman–Crippen MR) is 85.8 cm³/mol. The molecule has 0 bridgehead atoms. The van der Waals surface area contributed by atoms with Crippen molar-refractivity contribution in [2.45, 2.75) is 11.4 Å². The van der Waals surface area contributed by atoms with Crippen LogP contribution in [0.25, 0.3) is 0 Å². The molecule has 2 nitrogen and oxygen atoms in total. The van der Waals surface area contributed by atoms with E-state index in [4.69, 9.17) is 18.0 Å². The van der Waals surface area contributed by atoms with Crippen molar-refractivity contribution in [2.24, 2.45) is 5.73 Å². The third-order valence-electron chi connectivity index (χ3n) is 2.56. The number of benzene rings is 1. The summed E-state index contributed by atoms with van der Waals surface area (Å²) in [6.45, 7) is 0.789. The molecular formula is C13H14N2S3. The third kappa shape index (κ3) is 3.04. The molecule has 18 heavy (non-hydrogen) atoms. The average Bonchev–Trinajstić information content (AvgIpc) is 2.88. The molecule has 94 valence electrons. The number of rotatable bonds is 5. The Hall–Kier alpha value is -1.04. The first-order valence-corrected chi connectivity index (χ1v) is 8.01.